The lowest BCUT2D eigenvalue weighted by atomic mass is 10.1. The fourth-order valence-corrected chi connectivity index (χ4v) is 2.15. The zero-order valence-corrected chi connectivity index (χ0v) is 8.28. The van der Waals surface area contributed by atoms with E-state index >= 15 is 0 Å². The van der Waals surface area contributed by atoms with Crippen LogP contribution in [0.5, 0.6) is 0 Å². The Morgan fingerprint density at radius 2 is 2.36 bits per heavy atom. The number of carboxylic acid groups (broad SMARTS) is 1. The zero-order valence-electron chi connectivity index (χ0n) is 5.87. The summed E-state index contributed by atoms with van der Waals surface area (Å²) in [4.78, 5) is 11.4. The maximum absolute atomic E-state index is 10.5. The first kappa shape index (κ1) is 8.74. The summed E-state index contributed by atoms with van der Waals surface area (Å²) in [6.45, 7) is 1.68. The molecule has 0 aliphatic heterocycles. The molecule has 1 rings (SSSR count). The zero-order chi connectivity index (χ0) is 8.43. The van der Waals surface area contributed by atoms with E-state index in [1.54, 1.807) is 6.92 Å². The molecule has 1 aromatic rings. The molecule has 1 heterocycles. The molecule has 0 amide bonds. The van der Waals surface area contributed by atoms with Gasteiger partial charge in [-0.15, -0.1) is 11.3 Å². The average Bonchev–Trinajstić information content (AvgIpc) is 2.34. The van der Waals surface area contributed by atoms with Crippen molar-refractivity contribution in [1.82, 2.24) is 0 Å². The predicted molar refractivity (Wildman–Crippen MR) is 48.1 cm³/mol. The smallest absolute Gasteiger partial charge is 0.311 e. The Hall–Kier alpha value is -0.350. The van der Waals surface area contributed by atoms with E-state index in [2.05, 4.69) is 15.9 Å². The quantitative estimate of drug-likeness (QED) is 0.855. The molecule has 0 saturated heterocycles. The summed E-state index contributed by atoms with van der Waals surface area (Å²) < 4.78 is 0.973. The highest BCUT2D eigenvalue weighted by Crippen LogP contribution is 2.28. The lowest BCUT2D eigenvalue weighted by Gasteiger charge is -1.99. The van der Waals surface area contributed by atoms with Gasteiger partial charge in [0.15, 0.2) is 0 Å². The van der Waals surface area contributed by atoms with Gasteiger partial charge >= 0.3 is 5.97 Å². The summed E-state index contributed by atoms with van der Waals surface area (Å²) in [5.74, 6) is -1.18. The van der Waals surface area contributed by atoms with Crippen LogP contribution >= 0.6 is 27.3 Å². The molecule has 11 heavy (non-hydrogen) atoms. The van der Waals surface area contributed by atoms with Crippen LogP contribution in [-0.2, 0) is 4.79 Å². The van der Waals surface area contributed by atoms with Crippen LogP contribution in [-0.4, -0.2) is 11.1 Å². The predicted octanol–water partition coefficient (Wildman–Crippen LogP) is 2.70. The second kappa shape index (κ2) is 3.36. The molecule has 1 N–H and O–H groups in total. The average molecular weight is 235 g/mol. The Kier molecular flexibility index (Phi) is 2.67. The molecule has 0 radical (unpaired) electrons. The van der Waals surface area contributed by atoms with Crippen LogP contribution in [0.2, 0.25) is 0 Å². The Balaban J connectivity index is 2.84. The Morgan fingerprint density at radius 3 is 2.73 bits per heavy atom. The lowest BCUT2D eigenvalue weighted by molar-refractivity contribution is -0.138. The van der Waals surface area contributed by atoms with E-state index in [4.69, 9.17) is 5.11 Å². The second-order valence-electron chi connectivity index (χ2n) is 2.20. The van der Waals surface area contributed by atoms with Gasteiger partial charge in [0, 0.05) is 4.88 Å². The number of rotatable bonds is 2. The van der Waals surface area contributed by atoms with E-state index in [9.17, 15) is 4.79 Å². The molecule has 1 aromatic heterocycles. The topological polar surface area (TPSA) is 37.3 Å². The summed E-state index contributed by atoms with van der Waals surface area (Å²) >= 11 is 4.74. The van der Waals surface area contributed by atoms with Crippen LogP contribution in [0.15, 0.2) is 15.9 Å². The first-order valence-corrected chi connectivity index (χ1v) is 4.70. The van der Waals surface area contributed by atoms with Crippen molar-refractivity contribution >= 4 is 33.2 Å². The number of carboxylic acids is 1. The fraction of sp³-hybridized carbons (Fsp3) is 0.286. The van der Waals surface area contributed by atoms with Crippen LogP contribution < -0.4 is 0 Å². The van der Waals surface area contributed by atoms with E-state index < -0.39 is 11.9 Å². The SMILES string of the molecule is CC(C(=O)O)c1ccc(Br)s1. The fourth-order valence-electron chi connectivity index (χ4n) is 0.683. The van der Waals surface area contributed by atoms with E-state index in [0.717, 1.165) is 8.66 Å². The number of hydrogen-bond acceptors (Lipinski definition) is 2. The Labute approximate surface area is 77.0 Å². The lowest BCUT2D eigenvalue weighted by Crippen LogP contribution is -2.04. The first-order chi connectivity index (χ1) is 5.11. The van der Waals surface area contributed by atoms with Gasteiger partial charge in [-0.05, 0) is 35.0 Å². The minimum atomic E-state index is -0.778. The van der Waals surface area contributed by atoms with E-state index in [-0.39, 0.29) is 0 Å². The van der Waals surface area contributed by atoms with E-state index in [0.29, 0.717) is 0 Å². The van der Waals surface area contributed by atoms with Crippen molar-refractivity contribution in [3.8, 4) is 0 Å². The van der Waals surface area contributed by atoms with Crippen molar-refractivity contribution in [2.24, 2.45) is 0 Å². The van der Waals surface area contributed by atoms with Crippen LogP contribution in [0, 0.1) is 0 Å². The van der Waals surface area contributed by atoms with Gasteiger partial charge < -0.3 is 5.11 Å². The standard InChI is InChI=1S/C7H7BrO2S/c1-4(7(9)10)5-2-3-6(8)11-5/h2-4H,1H3,(H,9,10). The second-order valence-corrected chi connectivity index (χ2v) is 4.70. The molecule has 60 valence electrons. The molecular weight excluding hydrogens is 228 g/mol. The summed E-state index contributed by atoms with van der Waals surface area (Å²) in [6, 6.07) is 3.69. The first-order valence-electron chi connectivity index (χ1n) is 3.09. The molecule has 2 nitrogen and oxygen atoms in total. The summed E-state index contributed by atoms with van der Waals surface area (Å²) in [7, 11) is 0. The van der Waals surface area contributed by atoms with Gasteiger partial charge in [0.1, 0.15) is 0 Å². The van der Waals surface area contributed by atoms with Crippen molar-refractivity contribution in [2.45, 2.75) is 12.8 Å². The number of thiophene rings is 1. The van der Waals surface area contributed by atoms with Gasteiger partial charge in [-0.3, -0.25) is 4.79 Å². The van der Waals surface area contributed by atoms with Gasteiger partial charge in [0.2, 0.25) is 0 Å². The largest absolute Gasteiger partial charge is 0.481 e. The van der Waals surface area contributed by atoms with Crippen molar-refractivity contribution in [3.63, 3.8) is 0 Å². The number of hydrogen-bond donors (Lipinski definition) is 1. The minimum absolute atomic E-state index is 0.397. The highest BCUT2D eigenvalue weighted by molar-refractivity contribution is 9.11. The van der Waals surface area contributed by atoms with Crippen molar-refractivity contribution in [2.75, 3.05) is 0 Å². The maximum atomic E-state index is 10.5. The van der Waals surface area contributed by atoms with Gasteiger partial charge in [0.05, 0.1) is 9.70 Å². The molecule has 0 aliphatic rings. The van der Waals surface area contributed by atoms with Crippen LogP contribution in [0.1, 0.15) is 17.7 Å². The molecule has 0 bridgehead atoms. The normalized spacial score (nSPS) is 12.9. The molecule has 0 aliphatic carbocycles. The highest BCUT2D eigenvalue weighted by atomic mass is 79.9. The van der Waals surface area contributed by atoms with Crippen LogP contribution in [0.3, 0.4) is 0 Å². The van der Waals surface area contributed by atoms with Crippen LogP contribution in [0.4, 0.5) is 0 Å². The highest BCUT2D eigenvalue weighted by Gasteiger charge is 2.14. The molecule has 4 heteroatoms. The third-order valence-corrected chi connectivity index (χ3v) is 3.20. The summed E-state index contributed by atoms with van der Waals surface area (Å²) in [5.41, 5.74) is 0. The summed E-state index contributed by atoms with van der Waals surface area (Å²) in [5, 5.41) is 8.64. The summed E-state index contributed by atoms with van der Waals surface area (Å²) in [6.07, 6.45) is 0. The van der Waals surface area contributed by atoms with Gasteiger partial charge in [-0.1, -0.05) is 0 Å². The number of aliphatic carboxylic acids is 1. The number of carbonyl (C=O) groups is 1. The molecule has 0 aromatic carbocycles. The van der Waals surface area contributed by atoms with E-state index in [1.165, 1.54) is 11.3 Å². The third-order valence-electron chi connectivity index (χ3n) is 1.39. The molecule has 0 saturated carbocycles. The molecule has 0 fully saturated rings. The van der Waals surface area contributed by atoms with Crippen LogP contribution in [0.25, 0.3) is 0 Å². The van der Waals surface area contributed by atoms with Crippen molar-refractivity contribution < 1.29 is 9.90 Å². The monoisotopic (exact) mass is 234 g/mol. The number of halogens is 1. The van der Waals surface area contributed by atoms with Crippen molar-refractivity contribution in [3.05, 3.63) is 20.8 Å². The molecule has 0 spiro atoms. The Bertz CT molecular complexity index is 269. The Morgan fingerprint density at radius 1 is 1.73 bits per heavy atom. The van der Waals surface area contributed by atoms with Gasteiger partial charge in [-0.25, -0.2) is 0 Å². The van der Waals surface area contributed by atoms with Gasteiger partial charge in [0.25, 0.3) is 0 Å². The molecule has 1 unspecified atom stereocenters. The van der Waals surface area contributed by atoms with Gasteiger partial charge in [-0.2, -0.15) is 0 Å². The third kappa shape index (κ3) is 2.04. The molecular formula is C7H7BrO2S. The van der Waals surface area contributed by atoms with E-state index in [1.807, 2.05) is 12.1 Å². The molecule has 1 atom stereocenters. The van der Waals surface area contributed by atoms with Crippen molar-refractivity contribution in [1.29, 1.82) is 0 Å². The minimum Gasteiger partial charge on any atom is -0.481 e. The maximum Gasteiger partial charge on any atom is 0.311 e.